The highest BCUT2D eigenvalue weighted by Crippen LogP contribution is 2.25. The Bertz CT molecular complexity index is 895. The Kier molecular flexibility index (Phi) is 8.27. The molecule has 0 radical (unpaired) electrons. The summed E-state index contributed by atoms with van der Waals surface area (Å²) in [6.07, 6.45) is 4.54. The molecule has 3 aromatic rings. The highest BCUT2D eigenvalue weighted by Gasteiger charge is 2.20. The van der Waals surface area contributed by atoms with Crippen molar-refractivity contribution >= 4 is 6.08 Å². The summed E-state index contributed by atoms with van der Waals surface area (Å²) < 4.78 is 6.41. The van der Waals surface area contributed by atoms with Gasteiger partial charge in [-0.3, -0.25) is 9.80 Å². The summed E-state index contributed by atoms with van der Waals surface area (Å²) in [5.41, 5.74) is 3.69. The lowest BCUT2D eigenvalue weighted by molar-refractivity contribution is 0.0425. The zero-order valence-corrected chi connectivity index (χ0v) is 19.0. The van der Waals surface area contributed by atoms with Gasteiger partial charge in [0.15, 0.2) is 0 Å². The molecule has 1 unspecified atom stereocenters. The molecule has 32 heavy (non-hydrogen) atoms. The second-order valence-corrected chi connectivity index (χ2v) is 8.46. The van der Waals surface area contributed by atoms with Crippen LogP contribution in [0.5, 0.6) is 0 Å². The van der Waals surface area contributed by atoms with Gasteiger partial charge in [-0.05, 0) is 23.6 Å². The van der Waals surface area contributed by atoms with Gasteiger partial charge < -0.3 is 4.74 Å². The fraction of sp³-hybridized carbons (Fsp3) is 0.310. The van der Waals surface area contributed by atoms with Crippen LogP contribution in [0, 0.1) is 0 Å². The fourth-order valence-electron chi connectivity index (χ4n) is 4.27. The van der Waals surface area contributed by atoms with Crippen LogP contribution in [0.1, 0.15) is 29.7 Å². The van der Waals surface area contributed by atoms with Crippen LogP contribution in [0.3, 0.4) is 0 Å². The van der Waals surface area contributed by atoms with Gasteiger partial charge in [0.2, 0.25) is 0 Å². The smallest absolute Gasteiger partial charge is 0.108 e. The molecule has 1 heterocycles. The van der Waals surface area contributed by atoms with E-state index in [0.717, 1.165) is 39.3 Å². The van der Waals surface area contributed by atoms with E-state index < -0.39 is 0 Å². The third kappa shape index (κ3) is 6.39. The van der Waals surface area contributed by atoms with Crippen LogP contribution in [-0.2, 0) is 4.74 Å². The molecule has 1 fully saturated rings. The number of hydrogen-bond acceptors (Lipinski definition) is 3. The van der Waals surface area contributed by atoms with Gasteiger partial charge in [0.1, 0.15) is 6.10 Å². The number of rotatable bonds is 9. The van der Waals surface area contributed by atoms with E-state index in [0.29, 0.717) is 6.04 Å². The molecule has 1 saturated heterocycles. The minimum Gasteiger partial charge on any atom is -0.367 e. The molecule has 1 aliphatic heterocycles. The van der Waals surface area contributed by atoms with Crippen LogP contribution in [0.25, 0.3) is 6.08 Å². The zero-order chi connectivity index (χ0) is 22.0. The van der Waals surface area contributed by atoms with Gasteiger partial charge in [0, 0.05) is 38.8 Å². The molecular weight excluding hydrogens is 392 g/mol. The Morgan fingerprint density at radius 2 is 1.28 bits per heavy atom. The Balaban J connectivity index is 1.25. The monoisotopic (exact) mass is 426 g/mol. The average Bonchev–Trinajstić information content (AvgIpc) is 2.87. The van der Waals surface area contributed by atoms with Crippen LogP contribution in [-0.4, -0.2) is 55.2 Å². The van der Waals surface area contributed by atoms with Crippen molar-refractivity contribution in [3.8, 4) is 0 Å². The van der Waals surface area contributed by atoms with Crippen LogP contribution < -0.4 is 0 Å². The van der Waals surface area contributed by atoms with Gasteiger partial charge in [-0.1, -0.05) is 103 Å². The molecule has 166 valence electrons. The molecule has 0 aromatic heterocycles. The van der Waals surface area contributed by atoms with Gasteiger partial charge in [0.25, 0.3) is 0 Å². The SMILES string of the molecule is CC(/C=C/c1ccccc1)N1CCN(CCOC(c2ccccc2)c2ccccc2)CC1. The summed E-state index contributed by atoms with van der Waals surface area (Å²) in [5.74, 6) is 0. The average molecular weight is 427 g/mol. The maximum Gasteiger partial charge on any atom is 0.108 e. The van der Waals surface area contributed by atoms with E-state index >= 15 is 0 Å². The lowest BCUT2D eigenvalue weighted by Crippen LogP contribution is -2.49. The summed E-state index contributed by atoms with van der Waals surface area (Å²) >= 11 is 0. The van der Waals surface area contributed by atoms with E-state index in [4.69, 9.17) is 4.74 Å². The maximum absolute atomic E-state index is 6.41. The number of ether oxygens (including phenoxy) is 1. The Hall–Kier alpha value is -2.72. The molecule has 0 saturated carbocycles. The molecule has 0 N–H and O–H groups in total. The summed E-state index contributed by atoms with van der Waals surface area (Å²) in [4.78, 5) is 5.09. The molecule has 4 rings (SSSR count). The van der Waals surface area contributed by atoms with Crippen molar-refractivity contribution in [2.24, 2.45) is 0 Å². The van der Waals surface area contributed by atoms with Gasteiger partial charge in [0.05, 0.1) is 6.61 Å². The summed E-state index contributed by atoms with van der Waals surface area (Å²) in [6, 6.07) is 32.1. The zero-order valence-electron chi connectivity index (χ0n) is 19.0. The molecule has 0 aliphatic carbocycles. The van der Waals surface area contributed by atoms with Gasteiger partial charge in [-0.25, -0.2) is 0 Å². The number of piperazine rings is 1. The lowest BCUT2D eigenvalue weighted by Gasteiger charge is -2.37. The summed E-state index contributed by atoms with van der Waals surface area (Å²) in [5, 5.41) is 0. The minimum absolute atomic E-state index is 0.0122. The molecule has 3 aromatic carbocycles. The first-order chi connectivity index (χ1) is 15.8. The predicted molar refractivity (Wildman–Crippen MR) is 134 cm³/mol. The van der Waals surface area contributed by atoms with E-state index in [9.17, 15) is 0 Å². The molecule has 3 nitrogen and oxygen atoms in total. The van der Waals surface area contributed by atoms with Crippen LogP contribution in [0.4, 0.5) is 0 Å². The van der Waals surface area contributed by atoms with Crippen molar-refractivity contribution < 1.29 is 4.74 Å². The van der Waals surface area contributed by atoms with Gasteiger partial charge >= 0.3 is 0 Å². The van der Waals surface area contributed by atoms with E-state index in [1.165, 1.54) is 16.7 Å². The van der Waals surface area contributed by atoms with Crippen LogP contribution in [0.15, 0.2) is 97.1 Å². The molecule has 1 atom stereocenters. The molecule has 1 aliphatic rings. The summed E-state index contributed by atoms with van der Waals surface area (Å²) in [7, 11) is 0. The Morgan fingerprint density at radius 3 is 1.84 bits per heavy atom. The van der Waals surface area contributed by atoms with Crippen molar-refractivity contribution in [2.45, 2.75) is 19.1 Å². The largest absolute Gasteiger partial charge is 0.367 e. The van der Waals surface area contributed by atoms with E-state index in [1.807, 2.05) is 0 Å². The topological polar surface area (TPSA) is 15.7 Å². The number of hydrogen-bond donors (Lipinski definition) is 0. The van der Waals surface area contributed by atoms with Crippen LogP contribution in [0.2, 0.25) is 0 Å². The summed E-state index contributed by atoms with van der Waals surface area (Å²) in [6.45, 7) is 8.38. The second kappa shape index (κ2) is 11.8. The van der Waals surface area contributed by atoms with Crippen molar-refractivity contribution in [3.05, 3.63) is 114 Å². The third-order valence-electron chi connectivity index (χ3n) is 6.25. The van der Waals surface area contributed by atoms with Gasteiger partial charge in [-0.15, -0.1) is 0 Å². The molecular formula is C29H34N2O. The van der Waals surface area contributed by atoms with E-state index in [-0.39, 0.29) is 6.10 Å². The number of benzene rings is 3. The van der Waals surface area contributed by atoms with Gasteiger partial charge in [-0.2, -0.15) is 0 Å². The standard InChI is InChI=1S/C29H34N2O/c1-25(17-18-26-11-5-2-6-12-26)31-21-19-30(20-22-31)23-24-32-29(27-13-7-3-8-14-27)28-15-9-4-10-16-28/h2-18,25,29H,19-24H2,1H3/b18-17+. The lowest BCUT2D eigenvalue weighted by atomic mass is 10.0. The normalized spacial score (nSPS) is 16.6. The Labute approximate surface area is 192 Å². The van der Waals surface area contributed by atoms with Crippen molar-refractivity contribution in [2.75, 3.05) is 39.3 Å². The molecule has 0 amide bonds. The quantitative estimate of drug-likeness (QED) is 0.449. The van der Waals surface area contributed by atoms with Crippen molar-refractivity contribution in [1.82, 2.24) is 9.80 Å². The second-order valence-electron chi connectivity index (χ2n) is 8.46. The van der Waals surface area contributed by atoms with E-state index in [1.54, 1.807) is 0 Å². The maximum atomic E-state index is 6.41. The third-order valence-corrected chi connectivity index (χ3v) is 6.25. The number of nitrogens with zero attached hydrogens (tertiary/aromatic N) is 2. The first-order valence-corrected chi connectivity index (χ1v) is 11.7. The minimum atomic E-state index is -0.0122. The van der Waals surface area contributed by atoms with Crippen LogP contribution >= 0.6 is 0 Å². The predicted octanol–water partition coefficient (Wildman–Crippen LogP) is 5.51. The Morgan fingerprint density at radius 1 is 0.750 bits per heavy atom. The highest BCUT2D eigenvalue weighted by molar-refractivity contribution is 5.49. The molecule has 0 bridgehead atoms. The highest BCUT2D eigenvalue weighted by atomic mass is 16.5. The fourth-order valence-corrected chi connectivity index (χ4v) is 4.27. The van der Waals surface area contributed by atoms with Crippen molar-refractivity contribution in [1.29, 1.82) is 0 Å². The molecule has 0 spiro atoms. The first kappa shape index (κ1) is 22.5. The van der Waals surface area contributed by atoms with Crippen molar-refractivity contribution in [3.63, 3.8) is 0 Å². The first-order valence-electron chi connectivity index (χ1n) is 11.7. The van der Waals surface area contributed by atoms with E-state index in [2.05, 4.69) is 120 Å². The molecule has 3 heteroatoms.